The number of halogens is 3. The second-order valence-electron chi connectivity index (χ2n) is 6.49. The fourth-order valence-electron chi connectivity index (χ4n) is 2.87. The number of benzene rings is 2. The number of Topliss-reactive ketones (excluding diaryl/α,β-unsaturated/α-hetero) is 1. The van der Waals surface area contributed by atoms with Gasteiger partial charge in [0.15, 0.2) is 5.78 Å². The zero-order valence-electron chi connectivity index (χ0n) is 15.5. The standard InChI is InChI=1S/C22H17F3N2O2/c1-14-5-6-18(12-19(14)22(23,24)25)27-21(29)13-20(28)17-4-2-3-16(11-17)15-7-9-26-10-8-15/h2-12H,13H2,1H3,(H,27,29). The molecule has 0 bridgehead atoms. The molecule has 0 spiro atoms. The van der Waals surface area contributed by atoms with Crippen LogP contribution >= 0.6 is 0 Å². The van der Waals surface area contributed by atoms with E-state index in [-0.39, 0.29) is 11.3 Å². The van der Waals surface area contributed by atoms with E-state index < -0.39 is 29.9 Å². The van der Waals surface area contributed by atoms with Crippen molar-refractivity contribution < 1.29 is 22.8 Å². The summed E-state index contributed by atoms with van der Waals surface area (Å²) in [5.41, 5.74) is 1.23. The van der Waals surface area contributed by atoms with Crippen LogP contribution in [0.5, 0.6) is 0 Å². The van der Waals surface area contributed by atoms with Gasteiger partial charge in [-0.1, -0.05) is 24.3 Å². The fourth-order valence-corrected chi connectivity index (χ4v) is 2.87. The van der Waals surface area contributed by atoms with E-state index in [4.69, 9.17) is 0 Å². The number of amides is 1. The summed E-state index contributed by atoms with van der Waals surface area (Å²) in [5.74, 6) is -1.11. The molecule has 1 amide bonds. The second-order valence-corrected chi connectivity index (χ2v) is 6.49. The summed E-state index contributed by atoms with van der Waals surface area (Å²) in [6.07, 6.45) is -1.73. The van der Waals surface area contributed by atoms with Crippen LogP contribution in [0.15, 0.2) is 67.0 Å². The number of nitrogens with zero attached hydrogens (tertiary/aromatic N) is 1. The number of carbonyl (C=O) groups excluding carboxylic acids is 2. The smallest absolute Gasteiger partial charge is 0.326 e. The maximum atomic E-state index is 13.0. The molecule has 0 fully saturated rings. The average molecular weight is 398 g/mol. The van der Waals surface area contributed by atoms with Crippen LogP contribution in [-0.2, 0) is 11.0 Å². The minimum Gasteiger partial charge on any atom is -0.326 e. The summed E-state index contributed by atoms with van der Waals surface area (Å²) < 4.78 is 39.0. The van der Waals surface area contributed by atoms with E-state index in [1.807, 2.05) is 6.07 Å². The molecule has 1 heterocycles. The molecule has 0 unspecified atom stereocenters. The molecule has 4 nitrogen and oxygen atoms in total. The Hall–Kier alpha value is -3.48. The Morgan fingerprint density at radius 1 is 0.966 bits per heavy atom. The molecule has 29 heavy (non-hydrogen) atoms. The van der Waals surface area contributed by atoms with Crippen LogP contribution in [0.25, 0.3) is 11.1 Å². The lowest BCUT2D eigenvalue weighted by atomic mass is 10.0. The van der Waals surface area contributed by atoms with Gasteiger partial charge in [0.25, 0.3) is 0 Å². The second kappa shape index (κ2) is 8.26. The van der Waals surface area contributed by atoms with Crippen molar-refractivity contribution in [2.75, 3.05) is 5.32 Å². The van der Waals surface area contributed by atoms with Gasteiger partial charge >= 0.3 is 6.18 Å². The summed E-state index contributed by atoms with van der Waals surface area (Å²) in [6.45, 7) is 1.34. The number of alkyl halides is 3. The summed E-state index contributed by atoms with van der Waals surface area (Å²) in [4.78, 5) is 28.6. The highest BCUT2D eigenvalue weighted by Gasteiger charge is 2.32. The number of pyridine rings is 1. The molecule has 0 aliphatic carbocycles. The van der Waals surface area contributed by atoms with Crippen molar-refractivity contribution in [3.63, 3.8) is 0 Å². The molecule has 0 atom stereocenters. The van der Waals surface area contributed by atoms with Crippen molar-refractivity contribution in [3.8, 4) is 11.1 Å². The maximum absolute atomic E-state index is 13.0. The van der Waals surface area contributed by atoms with Gasteiger partial charge in [0.1, 0.15) is 0 Å². The van der Waals surface area contributed by atoms with Crippen molar-refractivity contribution >= 4 is 17.4 Å². The minimum atomic E-state index is -4.52. The highest BCUT2D eigenvalue weighted by molar-refractivity contribution is 6.11. The van der Waals surface area contributed by atoms with E-state index in [1.54, 1.807) is 42.7 Å². The summed E-state index contributed by atoms with van der Waals surface area (Å²) in [5, 5.41) is 2.36. The zero-order valence-corrected chi connectivity index (χ0v) is 15.5. The van der Waals surface area contributed by atoms with Gasteiger partial charge in [-0.3, -0.25) is 14.6 Å². The molecule has 148 valence electrons. The van der Waals surface area contributed by atoms with Crippen molar-refractivity contribution in [1.82, 2.24) is 4.98 Å². The van der Waals surface area contributed by atoms with Gasteiger partial charge in [0.2, 0.25) is 5.91 Å². The van der Waals surface area contributed by atoms with E-state index in [9.17, 15) is 22.8 Å². The first-order valence-corrected chi connectivity index (χ1v) is 8.75. The Balaban J connectivity index is 1.71. The fraction of sp³-hybridized carbons (Fsp3) is 0.136. The van der Waals surface area contributed by atoms with Gasteiger partial charge in [-0.05, 0) is 53.9 Å². The van der Waals surface area contributed by atoms with Crippen molar-refractivity contribution in [1.29, 1.82) is 0 Å². The van der Waals surface area contributed by atoms with Crippen LogP contribution in [-0.4, -0.2) is 16.7 Å². The average Bonchev–Trinajstić information content (AvgIpc) is 2.69. The monoisotopic (exact) mass is 398 g/mol. The Morgan fingerprint density at radius 2 is 1.69 bits per heavy atom. The zero-order chi connectivity index (χ0) is 21.0. The summed E-state index contributed by atoms with van der Waals surface area (Å²) in [6, 6.07) is 13.9. The van der Waals surface area contributed by atoms with E-state index in [0.717, 1.165) is 17.2 Å². The van der Waals surface area contributed by atoms with Gasteiger partial charge < -0.3 is 5.32 Å². The van der Waals surface area contributed by atoms with Crippen LogP contribution in [0.2, 0.25) is 0 Å². The molecule has 1 aromatic heterocycles. The molecule has 3 rings (SSSR count). The molecular weight excluding hydrogens is 381 g/mol. The van der Waals surface area contributed by atoms with E-state index >= 15 is 0 Å². The third kappa shape index (κ3) is 5.07. The van der Waals surface area contributed by atoms with Gasteiger partial charge in [-0.25, -0.2) is 0 Å². The normalized spacial score (nSPS) is 11.2. The number of anilines is 1. The van der Waals surface area contributed by atoms with Crippen LogP contribution in [0.3, 0.4) is 0 Å². The molecule has 0 aliphatic heterocycles. The molecule has 3 aromatic rings. The van der Waals surface area contributed by atoms with Gasteiger partial charge in [-0.15, -0.1) is 0 Å². The lowest BCUT2D eigenvalue weighted by Gasteiger charge is -2.12. The van der Waals surface area contributed by atoms with Gasteiger partial charge in [-0.2, -0.15) is 13.2 Å². The molecule has 0 radical (unpaired) electrons. The van der Waals surface area contributed by atoms with Gasteiger partial charge in [0, 0.05) is 23.6 Å². The molecule has 0 saturated heterocycles. The van der Waals surface area contributed by atoms with E-state index in [0.29, 0.717) is 5.56 Å². The Bertz CT molecular complexity index is 1050. The lowest BCUT2D eigenvalue weighted by Crippen LogP contribution is -2.17. The van der Waals surface area contributed by atoms with Crippen molar-refractivity contribution in [2.24, 2.45) is 0 Å². The van der Waals surface area contributed by atoms with Crippen LogP contribution in [0.1, 0.15) is 27.9 Å². The Morgan fingerprint density at radius 3 is 2.38 bits per heavy atom. The highest BCUT2D eigenvalue weighted by atomic mass is 19.4. The SMILES string of the molecule is Cc1ccc(NC(=O)CC(=O)c2cccc(-c3ccncc3)c2)cc1C(F)(F)F. The topological polar surface area (TPSA) is 59.1 Å². The maximum Gasteiger partial charge on any atom is 0.416 e. The van der Waals surface area contributed by atoms with E-state index in [1.165, 1.54) is 19.1 Å². The van der Waals surface area contributed by atoms with Crippen LogP contribution in [0.4, 0.5) is 18.9 Å². The third-order valence-electron chi connectivity index (χ3n) is 4.35. The molecule has 0 aliphatic rings. The molecule has 0 saturated carbocycles. The Labute approximate surface area is 165 Å². The van der Waals surface area contributed by atoms with E-state index in [2.05, 4.69) is 10.3 Å². The van der Waals surface area contributed by atoms with Crippen molar-refractivity contribution in [3.05, 3.63) is 83.7 Å². The first-order chi connectivity index (χ1) is 13.7. The number of aromatic nitrogens is 1. The first kappa shape index (κ1) is 20.3. The first-order valence-electron chi connectivity index (χ1n) is 8.75. The van der Waals surface area contributed by atoms with Crippen molar-refractivity contribution in [2.45, 2.75) is 19.5 Å². The number of hydrogen-bond acceptors (Lipinski definition) is 3. The summed E-state index contributed by atoms with van der Waals surface area (Å²) >= 11 is 0. The van der Waals surface area contributed by atoms with Crippen LogP contribution in [0, 0.1) is 6.92 Å². The number of carbonyl (C=O) groups is 2. The quantitative estimate of drug-likeness (QED) is 0.469. The number of nitrogens with one attached hydrogen (secondary N) is 1. The predicted octanol–water partition coefficient (Wildman–Crippen LogP) is 5.29. The number of hydrogen-bond donors (Lipinski definition) is 1. The molecule has 7 heteroatoms. The third-order valence-corrected chi connectivity index (χ3v) is 4.35. The molecule has 2 aromatic carbocycles. The highest BCUT2D eigenvalue weighted by Crippen LogP contribution is 2.33. The summed E-state index contributed by atoms with van der Waals surface area (Å²) in [7, 11) is 0. The largest absolute Gasteiger partial charge is 0.416 e. The predicted molar refractivity (Wildman–Crippen MR) is 103 cm³/mol. The molecular formula is C22H17F3N2O2. The number of ketones is 1. The minimum absolute atomic E-state index is 0.00809. The van der Waals surface area contributed by atoms with Gasteiger partial charge in [0.05, 0.1) is 12.0 Å². The van der Waals surface area contributed by atoms with Crippen LogP contribution < -0.4 is 5.32 Å². The number of aryl methyl sites for hydroxylation is 1. The Kier molecular flexibility index (Phi) is 5.77. The number of rotatable bonds is 5. The lowest BCUT2D eigenvalue weighted by molar-refractivity contribution is -0.138. The molecule has 1 N–H and O–H groups in total.